The van der Waals surface area contributed by atoms with Crippen molar-refractivity contribution in [3.63, 3.8) is 0 Å². The van der Waals surface area contributed by atoms with Crippen molar-refractivity contribution >= 4 is 5.97 Å². The van der Waals surface area contributed by atoms with Gasteiger partial charge >= 0.3 is 5.97 Å². The molecule has 9 heavy (non-hydrogen) atoms. The van der Waals surface area contributed by atoms with Crippen molar-refractivity contribution in [3.05, 3.63) is 11.8 Å². The maximum Gasteiger partial charge on any atom is 0.370 e. The van der Waals surface area contributed by atoms with Crippen LogP contribution >= 0.6 is 0 Å². The predicted octanol–water partition coefficient (Wildman–Crippen LogP) is 1.01. The number of allylic oxidation sites excluding steroid dienone is 1. The van der Waals surface area contributed by atoms with Crippen LogP contribution in [0.4, 0.5) is 0 Å². The van der Waals surface area contributed by atoms with E-state index in [2.05, 4.69) is 4.74 Å². The summed E-state index contributed by atoms with van der Waals surface area (Å²) in [6.45, 7) is 1.85. The fraction of sp³-hybridized carbons (Fsp3) is 0.500. The highest BCUT2D eigenvalue weighted by molar-refractivity contribution is 5.84. The minimum Gasteiger partial charge on any atom is -0.490 e. The Kier molecular flexibility index (Phi) is 3.51. The molecule has 0 aromatic rings. The van der Waals surface area contributed by atoms with Crippen molar-refractivity contribution in [3.8, 4) is 0 Å². The number of ether oxygens (including phenoxy) is 1. The second-order valence-corrected chi connectivity index (χ2v) is 1.49. The Balaban J connectivity index is 3.98. The molecular weight excluding hydrogens is 120 g/mol. The zero-order chi connectivity index (χ0) is 7.28. The van der Waals surface area contributed by atoms with E-state index >= 15 is 0 Å². The molecule has 0 spiro atoms. The van der Waals surface area contributed by atoms with Gasteiger partial charge in [-0.2, -0.15) is 0 Å². The molecule has 0 radical (unpaired) electrons. The topological polar surface area (TPSA) is 46.5 Å². The van der Waals surface area contributed by atoms with Crippen LogP contribution in [0.5, 0.6) is 0 Å². The van der Waals surface area contributed by atoms with Gasteiger partial charge in [0.1, 0.15) is 0 Å². The summed E-state index contributed by atoms with van der Waals surface area (Å²) >= 11 is 0. The molecule has 0 aliphatic rings. The first-order valence-corrected chi connectivity index (χ1v) is 2.69. The quantitative estimate of drug-likeness (QED) is 0.458. The number of carboxylic acid groups (broad SMARTS) is 1. The van der Waals surface area contributed by atoms with Gasteiger partial charge in [-0.15, -0.1) is 0 Å². The molecule has 0 atom stereocenters. The highest BCUT2D eigenvalue weighted by Crippen LogP contribution is 1.95. The van der Waals surface area contributed by atoms with Gasteiger partial charge in [-0.25, -0.2) is 4.79 Å². The zero-order valence-corrected chi connectivity index (χ0v) is 5.55. The molecule has 0 rings (SSSR count). The van der Waals surface area contributed by atoms with E-state index in [9.17, 15) is 4.79 Å². The minimum atomic E-state index is -1.01. The van der Waals surface area contributed by atoms with Crippen molar-refractivity contribution in [2.45, 2.75) is 13.3 Å². The number of aliphatic carboxylic acids is 1. The Hall–Kier alpha value is -0.990. The molecule has 3 nitrogen and oxygen atoms in total. The van der Waals surface area contributed by atoms with Gasteiger partial charge in [0, 0.05) is 0 Å². The number of carbonyl (C=O) groups is 1. The summed E-state index contributed by atoms with van der Waals surface area (Å²) in [5, 5.41) is 8.31. The molecule has 1 N–H and O–H groups in total. The van der Waals surface area contributed by atoms with Crippen molar-refractivity contribution in [2.75, 3.05) is 7.11 Å². The van der Waals surface area contributed by atoms with Crippen LogP contribution in [0.1, 0.15) is 13.3 Å². The molecule has 0 unspecified atom stereocenters. The molecular formula is C6H10O3. The molecule has 0 aliphatic carbocycles. The molecule has 0 saturated carbocycles. The van der Waals surface area contributed by atoms with E-state index < -0.39 is 5.97 Å². The molecule has 52 valence electrons. The lowest BCUT2D eigenvalue weighted by Gasteiger charge is -1.96. The van der Waals surface area contributed by atoms with Crippen LogP contribution in [0, 0.1) is 0 Å². The van der Waals surface area contributed by atoms with Crippen LogP contribution in [0.2, 0.25) is 0 Å². The van der Waals surface area contributed by atoms with Crippen LogP contribution < -0.4 is 0 Å². The lowest BCUT2D eigenvalue weighted by molar-refractivity contribution is -0.136. The average Bonchev–Trinajstić information content (AvgIpc) is 1.82. The van der Waals surface area contributed by atoms with E-state index in [-0.39, 0.29) is 5.76 Å². The van der Waals surface area contributed by atoms with Gasteiger partial charge in [0.2, 0.25) is 0 Å². The number of methoxy groups -OCH3 is 1. The Morgan fingerprint density at radius 2 is 2.33 bits per heavy atom. The second kappa shape index (κ2) is 3.95. The summed E-state index contributed by atoms with van der Waals surface area (Å²) in [5.74, 6) is -1.00. The van der Waals surface area contributed by atoms with Crippen LogP contribution in [0.15, 0.2) is 11.8 Å². The van der Waals surface area contributed by atoms with E-state index in [0.717, 1.165) is 0 Å². The SMILES string of the molecule is CC/C=C(\OC)C(=O)O. The van der Waals surface area contributed by atoms with Gasteiger partial charge in [0.05, 0.1) is 7.11 Å². The Morgan fingerprint density at radius 1 is 1.78 bits per heavy atom. The highest BCUT2D eigenvalue weighted by Gasteiger charge is 2.03. The summed E-state index contributed by atoms with van der Waals surface area (Å²) in [7, 11) is 1.34. The van der Waals surface area contributed by atoms with Gasteiger partial charge < -0.3 is 9.84 Å². The monoisotopic (exact) mass is 130 g/mol. The van der Waals surface area contributed by atoms with Crippen LogP contribution in [-0.2, 0) is 9.53 Å². The third-order valence-corrected chi connectivity index (χ3v) is 0.820. The Bertz CT molecular complexity index is 126. The van der Waals surface area contributed by atoms with Gasteiger partial charge in [-0.1, -0.05) is 6.92 Å². The van der Waals surface area contributed by atoms with Crippen molar-refractivity contribution in [2.24, 2.45) is 0 Å². The zero-order valence-electron chi connectivity index (χ0n) is 5.55. The Morgan fingerprint density at radius 3 is 2.44 bits per heavy atom. The summed E-state index contributed by atoms with van der Waals surface area (Å²) in [6.07, 6.45) is 2.19. The normalized spacial score (nSPS) is 11.1. The predicted molar refractivity (Wildman–Crippen MR) is 33.0 cm³/mol. The van der Waals surface area contributed by atoms with E-state index in [1.54, 1.807) is 0 Å². The fourth-order valence-electron chi connectivity index (χ4n) is 0.443. The average molecular weight is 130 g/mol. The molecule has 0 aliphatic heterocycles. The lowest BCUT2D eigenvalue weighted by Crippen LogP contribution is -2.01. The fourth-order valence-corrected chi connectivity index (χ4v) is 0.443. The smallest absolute Gasteiger partial charge is 0.370 e. The summed E-state index contributed by atoms with van der Waals surface area (Å²) in [6, 6.07) is 0. The van der Waals surface area contributed by atoms with E-state index in [1.807, 2.05) is 6.92 Å². The molecule has 0 heterocycles. The first-order valence-electron chi connectivity index (χ1n) is 2.69. The van der Waals surface area contributed by atoms with Gasteiger partial charge in [-0.05, 0) is 12.5 Å². The standard InChI is InChI=1S/C6H10O3/c1-3-4-5(9-2)6(7)8/h4H,3H2,1-2H3,(H,7,8)/b5-4-. The number of rotatable bonds is 3. The number of hydrogen-bond acceptors (Lipinski definition) is 2. The molecule has 0 saturated heterocycles. The molecule has 0 fully saturated rings. The van der Waals surface area contributed by atoms with Crippen LogP contribution in [-0.4, -0.2) is 18.2 Å². The van der Waals surface area contributed by atoms with E-state index in [0.29, 0.717) is 6.42 Å². The maximum absolute atomic E-state index is 10.1. The van der Waals surface area contributed by atoms with Crippen molar-refractivity contribution in [1.82, 2.24) is 0 Å². The van der Waals surface area contributed by atoms with E-state index in [1.165, 1.54) is 13.2 Å². The first-order chi connectivity index (χ1) is 4.22. The van der Waals surface area contributed by atoms with Gasteiger partial charge in [0.25, 0.3) is 0 Å². The maximum atomic E-state index is 10.1. The number of hydrogen-bond donors (Lipinski definition) is 1. The molecule has 3 heteroatoms. The molecule has 0 bridgehead atoms. The second-order valence-electron chi connectivity index (χ2n) is 1.49. The summed E-state index contributed by atoms with van der Waals surface area (Å²) in [5.41, 5.74) is 0. The van der Waals surface area contributed by atoms with Gasteiger partial charge in [0.15, 0.2) is 5.76 Å². The third kappa shape index (κ3) is 2.74. The lowest BCUT2D eigenvalue weighted by atomic mass is 10.4. The largest absolute Gasteiger partial charge is 0.490 e. The van der Waals surface area contributed by atoms with Crippen molar-refractivity contribution < 1.29 is 14.6 Å². The molecule has 0 amide bonds. The molecule has 0 aromatic carbocycles. The summed E-state index contributed by atoms with van der Waals surface area (Å²) in [4.78, 5) is 10.1. The first kappa shape index (κ1) is 8.01. The van der Waals surface area contributed by atoms with Crippen molar-refractivity contribution in [1.29, 1.82) is 0 Å². The van der Waals surface area contributed by atoms with E-state index in [4.69, 9.17) is 5.11 Å². The summed E-state index contributed by atoms with van der Waals surface area (Å²) < 4.78 is 4.51. The van der Waals surface area contributed by atoms with Crippen LogP contribution in [0.25, 0.3) is 0 Å². The minimum absolute atomic E-state index is 0.0116. The van der Waals surface area contributed by atoms with Gasteiger partial charge in [-0.3, -0.25) is 0 Å². The van der Waals surface area contributed by atoms with Crippen LogP contribution in [0.3, 0.4) is 0 Å². The highest BCUT2D eigenvalue weighted by atomic mass is 16.5. The third-order valence-electron chi connectivity index (χ3n) is 0.820. The number of carboxylic acids is 1. The molecule has 0 aromatic heterocycles. The Labute approximate surface area is 53.9 Å².